The summed E-state index contributed by atoms with van der Waals surface area (Å²) in [4.78, 5) is 20.8. The Hall–Kier alpha value is -2.17. The van der Waals surface area contributed by atoms with Crippen molar-refractivity contribution in [1.29, 1.82) is 0 Å². The molecule has 0 aliphatic carbocycles. The Balaban J connectivity index is 3.14. The number of carboxylic acid groups (broad SMARTS) is 1. The quantitative estimate of drug-likeness (QED) is 0.601. The molecule has 5 heteroatoms. The van der Waals surface area contributed by atoms with Crippen molar-refractivity contribution in [2.24, 2.45) is 0 Å². The highest BCUT2D eigenvalue weighted by Gasteiger charge is 2.11. The fourth-order valence-corrected chi connectivity index (χ4v) is 1.17. The van der Waals surface area contributed by atoms with Crippen molar-refractivity contribution in [2.75, 3.05) is 5.73 Å². The predicted molar refractivity (Wildman–Crippen MR) is 57.5 cm³/mol. The SMILES string of the molecule is Nc1cc(F)c(C=CCC=O)cc1C(=O)O. The third-order valence-electron chi connectivity index (χ3n) is 1.93. The van der Waals surface area contributed by atoms with Crippen LogP contribution in [0.4, 0.5) is 10.1 Å². The molecule has 0 atom stereocenters. The van der Waals surface area contributed by atoms with Gasteiger partial charge in [-0.15, -0.1) is 0 Å². The second-order valence-corrected chi connectivity index (χ2v) is 3.07. The first kappa shape index (κ1) is 11.9. The maximum Gasteiger partial charge on any atom is 0.337 e. The Labute approximate surface area is 91.2 Å². The number of nitrogen functional groups attached to an aromatic ring is 1. The van der Waals surface area contributed by atoms with E-state index in [9.17, 15) is 14.0 Å². The van der Waals surface area contributed by atoms with E-state index in [0.29, 0.717) is 6.29 Å². The van der Waals surface area contributed by atoms with Crippen molar-refractivity contribution in [3.8, 4) is 0 Å². The van der Waals surface area contributed by atoms with E-state index in [1.807, 2.05) is 0 Å². The minimum atomic E-state index is -1.22. The van der Waals surface area contributed by atoms with Crippen molar-refractivity contribution in [3.05, 3.63) is 35.2 Å². The molecule has 0 heterocycles. The van der Waals surface area contributed by atoms with Gasteiger partial charge in [0.1, 0.15) is 12.1 Å². The van der Waals surface area contributed by atoms with Gasteiger partial charge in [-0.3, -0.25) is 0 Å². The third-order valence-corrected chi connectivity index (χ3v) is 1.93. The van der Waals surface area contributed by atoms with Crippen LogP contribution in [0.3, 0.4) is 0 Å². The monoisotopic (exact) mass is 223 g/mol. The number of hydrogen-bond acceptors (Lipinski definition) is 3. The number of hydrogen-bond donors (Lipinski definition) is 2. The molecule has 84 valence electrons. The summed E-state index contributed by atoms with van der Waals surface area (Å²) in [5.41, 5.74) is 5.15. The first-order chi connectivity index (χ1) is 7.56. The van der Waals surface area contributed by atoms with Gasteiger partial charge in [-0.1, -0.05) is 12.2 Å². The average molecular weight is 223 g/mol. The summed E-state index contributed by atoms with van der Waals surface area (Å²) in [5, 5.41) is 8.77. The van der Waals surface area contributed by atoms with Gasteiger partial charge in [0.15, 0.2) is 0 Å². The molecule has 0 saturated heterocycles. The molecule has 0 bridgehead atoms. The highest BCUT2D eigenvalue weighted by atomic mass is 19.1. The Bertz CT molecular complexity index is 455. The number of allylic oxidation sites excluding steroid dienone is 1. The van der Waals surface area contributed by atoms with E-state index in [1.165, 1.54) is 12.2 Å². The maximum absolute atomic E-state index is 13.3. The molecular weight excluding hydrogens is 213 g/mol. The van der Waals surface area contributed by atoms with Crippen LogP contribution in [0, 0.1) is 5.82 Å². The Morgan fingerprint density at radius 3 is 2.75 bits per heavy atom. The van der Waals surface area contributed by atoms with Crippen molar-refractivity contribution >= 4 is 24.0 Å². The molecular formula is C11H10FNO3. The van der Waals surface area contributed by atoms with Crippen LogP contribution >= 0.6 is 0 Å². The minimum Gasteiger partial charge on any atom is -0.478 e. The Kier molecular flexibility index (Phi) is 3.77. The molecule has 3 N–H and O–H groups in total. The summed E-state index contributed by atoms with van der Waals surface area (Å²) in [5.74, 6) is -1.84. The summed E-state index contributed by atoms with van der Waals surface area (Å²) >= 11 is 0. The molecule has 1 aromatic carbocycles. The molecule has 4 nitrogen and oxygen atoms in total. The van der Waals surface area contributed by atoms with Crippen LogP contribution in [0.5, 0.6) is 0 Å². The number of anilines is 1. The molecule has 0 amide bonds. The van der Waals surface area contributed by atoms with Crippen molar-refractivity contribution in [1.82, 2.24) is 0 Å². The minimum absolute atomic E-state index is 0.0912. The third kappa shape index (κ3) is 2.66. The van der Waals surface area contributed by atoms with Crippen molar-refractivity contribution in [3.63, 3.8) is 0 Å². The fourth-order valence-electron chi connectivity index (χ4n) is 1.17. The summed E-state index contributed by atoms with van der Waals surface area (Å²) in [7, 11) is 0. The lowest BCUT2D eigenvalue weighted by molar-refractivity contribution is -0.107. The van der Waals surface area contributed by atoms with E-state index < -0.39 is 11.8 Å². The number of carboxylic acids is 1. The van der Waals surface area contributed by atoms with E-state index in [2.05, 4.69) is 0 Å². The number of carbonyl (C=O) groups excluding carboxylic acids is 1. The normalized spacial score (nSPS) is 10.6. The van der Waals surface area contributed by atoms with Crippen molar-refractivity contribution < 1.29 is 19.1 Å². The van der Waals surface area contributed by atoms with Crippen LogP contribution in [0.25, 0.3) is 6.08 Å². The van der Waals surface area contributed by atoms with Crippen molar-refractivity contribution in [2.45, 2.75) is 6.42 Å². The highest BCUT2D eigenvalue weighted by Crippen LogP contribution is 2.19. The number of carbonyl (C=O) groups is 2. The van der Waals surface area contributed by atoms with E-state index in [-0.39, 0.29) is 23.2 Å². The molecule has 0 spiro atoms. The van der Waals surface area contributed by atoms with Crippen LogP contribution in [-0.4, -0.2) is 17.4 Å². The second kappa shape index (κ2) is 5.06. The Morgan fingerprint density at radius 1 is 1.50 bits per heavy atom. The van der Waals surface area contributed by atoms with Gasteiger partial charge in [-0.2, -0.15) is 0 Å². The number of benzene rings is 1. The first-order valence-electron chi connectivity index (χ1n) is 4.48. The van der Waals surface area contributed by atoms with Gasteiger partial charge in [-0.05, 0) is 12.1 Å². The summed E-state index contributed by atoms with van der Waals surface area (Å²) in [6, 6.07) is 2.08. The smallest absolute Gasteiger partial charge is 0.337 e. The van der Waals surface area contributed by atoms with E-state index in [4.69, 9.17) is 10.8 Å². The standard InChI is InChI=1S/C11H10FNO3/c12-9-6-10(13)8(11(15)16)5-7(9)3-1-2-4-14/h1,3-6H,2,13H2,(H,15,16). The maximum atomic E-state index is 13.3. The lowest BCUT2D eigenvalue weighted by Crippen LogP contribution is -2.04. The van der Waals surface area contributed by atoms with Crippen LogP contribution in [0.15, 0.2) is 18.2 Å². The molecule has 1 rings (SSSR count). The average Bonchev–Trinajstić information content (AvgIpc) is 2.21. The zero-order valence-electron chi connectivity index (χ0n) is 8.31. The summed E-state index contributed by atoms with van der Waals surface area (Å²) < 4.78 is 13.3. The zero-order valence-corrected chi connectivity index (χ0v) is 8.31. The van der Waals surface area contributed by atoms with Crippen LogP contribution in [-0.2, 0) is 4.79 Å². The number of rotatable bonds is 4. The molecule has 1 aromatic rings. The highest BCUT2D eigenvalue weighted by molar-refractivity contribution is 5.94. The number of nitrogens with two attached hydrogens (primary N) is 1. The Morgan fingerprint density at radius 2 is 2.19 bits per heavy atom. The van der Waals surface area contributed by atoms with Gasteiger partial charge < -0.3 is 15.6 Å². The topological polar surface area (TPSA) is 80.4 Å². The van der Waals surface area contributed by atoms with Crippen LogP contribution in [0.2, 0.25) is 0 Å². The largest absolute Gasteiger partial charge is 0.478 e. The van der Waals surface area contributed by atoms with Gasteiger partial charge in [0, 0.05) is 17.7 Å². The lowest BCUT2D eigenvalue weighted by atomic mass is 10.1. The molecule has 16 heavy (non-hydrogen) atoms. The molecule has 0 aliphatic rings. The first-order valence-corrected chi connectivity index (χ1v) is 4.48. The van der Waals surface area contributed by atoms with Crippen LogP contribution in [0.1, 0.15) is 22.3 Å². The fraction of sp³-hybridized carbons (Fsp3) is 0.0909. The van der Waals surface area contributed by atoms with Crippen LogP contribution < -0.4 is 5.73 Å². The van der Waals surface area contributed by atoms with Gasteiger partial charge in [0.25, 0.3) is 0 Å². The predicted octanol–water partition coefficient (Wildman–Crippen LogP) is 1.71. The summed E-state index contributed by atoms with van der Waals surface area (Å²) in [6.07, 6.45) is 3.58. The van der Waals surface area contributed by atoms with E-state index >= 15 is 0 Å². The second-order valence-electron chi connectivity index (χ2n) is 3.07. The molecule has 0 aliphatic heterocycles. The number of aldehydes is 1. The van der Waals surface area contributed by atoms with E-state index in [1.54, 1.807) is 0 Å². The van der Waals surface area contributed by atoms with Gasteiger partial charge >= 0.3 is 5.97 Å². The van der Waals surface area contributed by atoms with Gasteiger partial charge in [0.2, 0.25) is 0 Å². The zero-order chi connectivity index (χ0) is 12.1. The molecule has 0 saturated carbocycles. The molecule has 0 radical (unpaired) electrons. The number of halogens is 1. The number of aromatic carboxylic acids is 1. The van der Waals surface area contributed by atoms with Gasteiger partial charge in [-0.25, -0.2) is 9.18 Å². The molecule has 0 aromatic heterocycles. The molecule has 0 fully saturated rings. The summed E-state index contributed by atoms with van der Waals surface area (Å²) in [6.45, 7) is 0. The molecule has 0 unspecified atom stereocenters. The lowest BCUT2D eigenvalue weighted by Gasteiger charge is -2.03. The van der Waals surface area contributed by atoms with Gasteiger partial charge in [0.05, 0.1) is 5.56 Å². The van der Waals surface area contributed by atoms with E-state index in [0.717, 1.165) is 12.1 Å².